The van der Waals surface area contributed by atoms with Crippen molar-refractivity contribution < 1.29 is 60.2 Å². The molecule has 0 unspecified atom stereocenters. The standard InChI is InChI=1S/C80H69N5O13S2/c1-8-10-48-50-23-31-61-71-62(78(93)85(77(61)92)45-13-17-47(18-14-45)100(96,97)40-37-86)32-24-51(67(50)71)49-19-26-56-63(65(48)49)41-64(87)82(73(56)88)36-9-34-80(6,7)98-38-35-79(4,5)42-83-74(89)58-28-21-54-52-20-27-57-69-60(30-25-53(66(52)69)55-22-29-59(75(83)90)70(58)68(54)55)76(91)84(72(57)81)44-11-15-46(16-12-44)99(94,95)39-33-43(2)3/h8,10-32,43,81,86H,1,9,33-42H2,2-7H3. The molecule has 0 atom stereocenters. The van der Waals surface area contributed by atoms with Crippen molar-refractivity contribution in [2.45, 2.75) is 89.0 Å². The van der Waals surface area contributed by atoms with Gasteiger partial charge in [0.1, 0.15) is 5.84 Å². The minimum atomic E-state index is -3.79. The number of hydrogen-bond acceptors (Lipinski definition) is 14. The van der Waals surface area contributed by atoms with E-state index in [-0.39, 0.29) is 76.1 Å². The molecule has 0 spiro atoms. The number of ether oxygens (including phenoxy) is 1. The number of nitrogens with zero attached hydrogens (tertiary/aromatic N) is 4. The Balaban J connectivity index is 0.616. The zero-order valence-corrected chi connectivity index (χ0v) is 57.5. The number of rotatable bonds is 20. The maximum Gasteiger partial charge on any atom is 0.265 e. The molecule has 504 valence electrons. The number of carbonyl (C=O) groups excluding carboxylic acids is 7. The van der Waals surface area contributed by atoms with Gasteiger partial charge in [-0.3, -0.25) is 53.7 Å². The number of nitrogens with one attached hydrogen (secondary N) is 1. The van der Waals surface area contributed by atoms with Crippen LogP contribution in [0.2, 0.25) is 0 Å². The van der Waals surface area contributed by atoms with Crippen LogP contribution in [0.5, 0.6) is 0 Å². The molecule has 15 rings (SSSR count). The van der Waals surface area contributed by atoms with E-state index in [1.54, 1.807) is 72.8 Å². The molecule has 4 heterocycles. The molecule has 0 saturated carbocycles. The normalized spacial score (nSPS) is 15.6. The van der Waals surface area contributed by atoms with Crippen molar-refractivity contribution in [1.29, 1.82) is 5.41 Å². The summed E-state index contributed by atoms with van der Waals surface area (Å²) in [7, 11) is -7.33. The molecule has 11 aromatic rings. The van der Waals surface area contributed by atoms with E-state index < -0.39 is 78.5 Å². The minimum absolute atomic E-state index is 0.00628. The lowest BCUT2D eigenvalue weighted by Crippen LogP contribution is -2.45. The number of fused-ring (bicyclic) bond motifs is 6. The van der Waals surface area contributed by atoms with Crippen LogP contribution in [0, 0.1) is 16.7 Å². The fraction of sp³-hybridized carbons (Fsp3) is 0.250. The van der Waals surface area contributed by atoms with E-state index in [2.05, 4.69) is 6.58 Å². The third-order valence-electron chi connectivity index (χ3n) is 20.6. The molecule has 18 nitrogen and oxygen atoms in total. The highest BCUT2D eigenvalue weighted by atomic mass is 32.2. The number of amidine groups is 1. The molecule has 0 bridgehead atoms. The van der Waals surface area contributed by atoms with Crippen molar-refractivity contribution in [3.8, 4) is 0 Å². The predicted octanol–water partition coefficient (Wildman–Crippen LogP) is 13.1. The van der Waals surface area contributed by atoms with E-state index in [0.29, 0.717) is 113 Å². The summed E-state index contributed by atoms with van der Waals surface area (Å²) in [6.07, 6.45) is 5.27. The van der Waals surface area contributed by atoms with Crippen LogP contribution >= 0.6 is 0 Å². The number of carbonyl (C=O) groups is 7. The van der Waals surface area contributed by atoms with Gasteiger partial charge in [0.15, 0.2) is 19.7 Å². The van der Waals surface area contributed by atoms with E-state index in [1.165, 1.54) is 51.1 Å². The Kier molecular flexibility index (Phi) is 15.5. The molecule has 0 radical (unpaired) electrons. The first-order valence-corrected chi connectivity index (χ1v) is 36.7. The fourth-order valence-electron chi connectivity index (χ4n) is 15.5. The van der Waals surface area contributed by atoms with Gasteiger partial charge in [0, 0.05) is 74.8 Å². The Morgan fingerprint density at radius 1 is 0.510 bits per heavy atom. The first-order valence-electron chi connectivity index (χ1n) is 33.4. The smallest absolute Gasteiger partial charge is 0.265 e. The van der Waals surface area contributed by atoms with Gasteiger partial charge in [-0.25, -0.2) is 21.7 Å². The van der Waals surface area contributed by atoms with Crippen LogP contribution in [0.1, 0.15) is 141 Å². The van der Waals surface area contributed by atoms with Crippen LogP contribution in [0.4, 0.5) is 11.4 Å². The lowest BCUT2D eigenvalue weighted by atomic mass is 9.81. The van der Waals surface area contributed by atoms with E-state index in [1.807, 2.05) is 77.9 Å². The second kappa shape index (κ2) is 23.6. The van der Waals surface area contributed by atoms with Crippen molar-refractivity contribution in [2.75, 3.05) is 47.6 Å². The number of hydrogen-bond donors (Lipinski definition) is 2. The van der Waals surface area contributed by atoms with Gasteiger partial charge in [-0.05, 0) is 212 Å². The molecule has 0 saturated heterocycles. The summed E-state index contributed by atoms with van der Waals surface area (Å²) in [5, 5.41) is 29.2. The zero-order valence-electron chi connectivity index (χ0n) is 55.9. The molecule has 4 aliphatic heterocycles. The van der Waals surface area contributed by atoms with Gasteiger partial charge in [-0.1, -0.05) is 88.9 Å². The van der Waals surface area contributed by atoms with Crippen LogP contribution in [0.15, 0.2) is 156 Å². The van der Waals surface area contributed by atoms with Gasteiger partial charge in [-0.2, -0.15) is 0 Å². The quantitative estimate of drug-likeness (QED) is 0.0409. The van der Waals surface area contributed by atoms with Crippen LogP contribution in [-0.2, 0) is 35.6 Å². The molecule has 0 aliphatic carbocycles. The van der Waals surface area contributed by atoms with Crippen molar-refractivity contribution in [3.63, 3.8) is 0 Å². The van der Waals surface area contributed by atoms with E-state index in [9.17, 15) is 60.9 Å². The van der Waals surface area contributed by atoms with E-state index in [4.69, 9.17) is 4.74 Å². The number of benzene rings is 11. The Morgan fingerprint density at radius 2 is 0.930 bits per heavy atom. The van der Waals surface area contributed by atoms with E-state index >= 15 is 0 Å². The second-order valence-corrected chi connectivity index (χ2v) is 32.6. The number of amides is 7. The lowest BCUT2D eigenvalue weighted by Gasteiger charge is -2.36. The van der Waals surface area contributed by atoms with Crippen molar-refractivity contribution >= 4 is 160 Å². The van der Waals surface area contributed by atoms with Crippen LogP contribution in [-0.4, -0.2) is 122 Å². The third kappa shape index (κ3) is 10.2. The molecule has 100 heavy (non-hydrogen) atoms. The van der Waals surface area contributed by atoms with Gasteiger partial charge < -0.3 is 9.84 Å². The number of allylic oxidation sites excluding steroid dienone is 1. The van der Waals surface area contributed by atoms with Crippen molar-refractivity contribution in [3.05, 3.63) is 196 Å². The number of aliphatic hydroxyl groups excluding tert-OH is 1. The molecular weight excluding hydrogens is 1300 g/mol. The summed E-state index contributed by atoms with van der Waals surface area (Å²) < 4.78 is 58.0. The summed E-state index contributed by atoms with van der Waals surface area (Å²) in [4.78, 5) is 107. The Hall–Kier alpha value is -10.4. The maximum absolute atomic E-state index is 14.7. The molecule has 2 N–H and O–H groups in total. The number of aliphatic hydroxyl groups is 1. The number of imide groups is 3. The van der Waals surface area contributed by atoms with Crippen LogP contribution in [0.3, 0.4) is 0 Å². The highest BCUT2D eigenvalue weighted by Gasteiger charge is 2.41. The van der Waals surface area contributed by atoms with Gasteiger partial charge in [0.05, 0.1) is 51.3 Å². The summed E-state index contributed by atoms with van der Waals surface area (Å²) in [5.74, 6) is -3.54. The van der Waals surface area contributed by atoms with Crippen LogP contribution in [0.25, 0.3) is 81.5 Å². The lowest BCUT2D eigenvalue weighted by molar-refractivity contribution is -0.128. The Bertz CT molecular complexity index is 5720. The Labute approximate surface area is 575 Å². The van der Waals surface area contributed by atoms with Gasteiger partial charge in [-0.15, -0.1) is 0 Å². The highest BCUT2D eigenvalue weighted by molar-refractivity contribution is 7.91. The molecule has 11 aromatic carbocycles. The largest absolute Gasteiger partial charge is 0.395 e. The Morgan fingerprint density at radius 3 is 1.43 bits per heavy atom. The molecule has 4 aliphatic rings. The third-order valence-corrected chi connectivity index (χ3v) is 24.1. The summed E-state index contributed by atoms with van der Waals surface area (Å²) >= 11 is 0. The number of sulfone groups is 2. The van der Waals surface area contributed by atoms with Gasteiger partial charge in [0.25, 0.3) is 35.4 Å². The monoisotopic (exact) mass is 1370 g/mol. The zero-order chi connectivity index (χ0) is 70.5. The first kappa shape index (κ1) is 65.6. The maximum atomic E-state index is 14.7. The second-order valence-electron chi connectivity index (χ2n) is 28.4. The molecule has 0 aromatic heterocycles. The summed E-state index contributed by atoms with van der Waals surface area (Å²) in [5.41, 5.74) is 2.43. The summed E-state index contributed by atoms with van der Waals surface area (Å²) in [6.45, 7) is 15.8. The van der Waals surface area contributed by atoms with Gasteiger partial charge in [0.2, 0.25) is 5.91 Å². The molecule has 7 amide bonds. The molecule has 20 heteroatoms. The summed E-state index contributed by atoms with van der Waals surface area (Å²) in [6, 6.07) is 36.7. The first-order chi connectivity index (χ1) is 47.7. The predicted molar refractivity (Wildman–Crippen MR) is 388 cm³/mol. The SMILES string of the molecule is C=CC=c1c2ccc3c4c(ccc(c5ccc6c(c15)CC(=O)N(CCCC(C)(C)OCCC(C)(C)CN1C(=O)c5ccc7c8ccc9c%10c(ccc(c%11ccc(c5c7%11)C1=O)c%108)C(=O)N(c1ccc(S(=O)(=O)CCC(C)C)cc1)C9=N)C6=O)c42)C(=O)N(c1ccc(S(=O)(=O)CCO)cc1)C3=O. The van der Waals surface area contributed by atoms with Crippen LogP contribution < -0.4 is 15.0 Å². The van der Waals surface area contributed by atoms with Gasteiger partial charge >= 0.3 is 0 Å². The number of anilines is 2. The fourth-order valence-corrected chi connectivity index (χ4v) is 18.1. The molecule has 0 fully saturated rings. The van der Waals surface area contributed by atoms with Crippen molar-refractivity contribution in [2.24, 2.45) is 11.3 Å². The van der Waals surface area contributed by atoms with E-state index in [0.717, 1.165) is 37.2 Å². The average molecular weight is 1370 g/mol. The topological polar surface area (TPSA) is 254 Å². The molecular formula is C80H69N5O13S2. The minimum Gasteiger partial charge on any atom is -0.395 e. The van der Waals surface area contributed by atoms with Crippen molar-refractivity contribution in [1.82, 2.24) is 9.80 Å². The average Bonchev–Trinajstić information content (AvgIpc) is 0.705. The highest BCUT2D eigenvalue weighted by Crippen LogP contribution is 2.48.